The minimum atomic E-state index is -3.89. The van der Waals surface area contributed by atoms with Crippen molar-refractivity contribution in [1.82, 2.24) is 0 Å². The first-order valence-electron chi connectivity index (χ1n) is 14.7. The molecule has 5 aromatic rings. The highest BCUT2D eigenvalue weighted by atomic mass is 32.2. The lowest BCUT2D eigenvalue weighted by Gasteiger charge is -2.15. The molecule has 0 unspecified atom stereocenters. The number of carbonyl (C=O) groups excluding carboxylic acids is 1. The van der Waals surface area contributed by atoms with Gasteiger partial charge in [0.25, 0.3) is 10.0 Å². The normalized spacial score (nSPS) is 11.7. The van der Waals surface area contributed by atoms with Crippen LogP contribution >= 0.6 is 22.7 Å². The van der Waals surface area contributed by atoms with Gasteiger partial charge in [-0.2, -0.15) is 0 Å². The van der Waals surface area contributed by atoms with Gasteiger partial charge in [-0.1, -0.05) is 51.0 Å². The van der Waals surface area contributed by atoms with E-state index in [1.165, 1.54) is 50.1 Å². The van der Waals surface area contributed by atoms with Crippen LogP contribution in [0, 0.1) is 13.8 Å². The number of nitrogens with one attached hydrogen (secondary N) is 2. The zero-order valence-corrected chi connectivity index (χ0v) is 27.7. The molecule has 2 N–H and O–H groups in total. The number of thiophene rings is 2. The van der Waals surface area contributed by atoms with Crippen molar-refractivity contribution < 1.29 is 17.9 Å². The van der Waals surface area contributed by atoms with Crippen LogP contribution < -0.4 is 10.0 Å². The van der Waals surface area contributed by atoms with Crippen LogP contribution in [-0.4, -0.2) is 28.0 Å². The van der Waals surface area contributed by atoms with E-state index in [2.05, 4.69) is 61.1 Å². The van der Waals surface area contributed by atoms with Gasteiger partial charge in [-0.25, -0.2) is 13.2 Å². The molecule has 3 aromatic carbocycles. The maximum Gasteiger partial charge on any atom is 0.337 e. The fourth-order valence-electron chi connectivity index (χ4n) is 5.47. The molecule has 0 bridgehead atoms. The summed E-state index contributed by atoms with van der Waals surface area (Å²) in [5.41, 5.74) is 5.84. The molecular weight excluding hydrogens is 597 g/mol. The van der Waals surface area contributed by atoms with E-state index in [-0.39, 0.29) is 0 Å². The summed E-state index contributed by atoms with van der Waals surface area (Å²) >= 11 is 3.07. The molecule has 5 rings (SSSR count). The minimum absolute atomic E-state index is 0.294. The van der Waals surface area contributed by atoms with E-state index in [1.54, 1.807) is 29.5 Å². The number of esters is 1. The monoisotopic (exact) mass is 634 g/mol. The summed E-state index contributed by atoms with van der Waals surface area (Å²) in [5, 5.41) is 5.66. The standard InChI is InChI=1S/C34H38N2O4S3/c1-6-8-23-10-14-31-26(18-23)21(3)30(41-31)16-17-35-29-20-25(33(37)40-5)12-13-28(29)36-43(38,39)34-22(4)27-19-24(9-7-2)11-15-32(27)42-34/h10-15,18-20,35-36H,6-9,16-17H2,1-5H3. The summed E-state index contributed by atoms with van der Waals surface area (Å²) in [6.07, 6.45) is 4.93. The third-order valence-corrected chi connectivity index (χ3v) is 12.3. The number of rotatable bonds is 12. The molecular formula is C34H38N2O4S3. The first-order chi connectivity index (χ1) is 20.6. The van der Waals surface area contributed by atoms with Crippen LogP contribution in [0.5, 0.6) is 0 Å². The number of hydrogen-bond donors (Lipinski definition) is 2. The Labute approximate surface area is 262 Å². The third-order valence-electron chi connectivity index (χ3n) is 7.73. The zero-order valence-electron chi connectivity index (χ0n) is 25.3. The van der Waals surface area contributed by atoms with Gasteiger partial charge < -0.3 is 10.1 Å². The summed E-state index contributed by atoms with van der Waals surface area (Å²) in [6, 6.07) is 17.7. The molecule has 9 heteroatoms. The van der Waals surface area contributed by atoms with Crippen LogP contribution in [0.15, 0.2) is 58.8 Å². The van der Waals surface area contributed by atoms with E-state index in [0.29, 0.717) is 27.7 Å². The van der Waals surface area contributed by atoms with Crippen molar-refractivity contribution >= 4 is 70.2 Å². The molecule has 0 atom stereocenters. The number of sulfonamides is 1. The predicted molar refractivity (Wildman–Crippen MR) is 182 cm³/mol. The van der Waals surface area contributed by atoms with Crippen molar-refractivity contribution in [3.8, 4) is 0 Å². The molecule has 43 heavy (non-hydrogen) atoms. The molecule has 2 aromatic heterocycles. The molecule has 2 heterocycles. The van der Waals surface area contributed by atoms with Gasteiger partial charge in [-0.3, -0.25) is 4.72 Å². The van der Waals surface area contributed by atoms with Crippen molar-refractivity contribution in [3.63, 3.8) is 0 Å². The quantitative estimate of drug-likeness (QED) is 0.134. The van der Waals surface area contributed by atoms with Crippen LogP contribution in [0.2, 0.25) is 0 Å². The number of benzene rings is 3. The number of methoxy groups -OCH3 is 1. The second-order valence-corrected chi connectivity index (χ2v) is 14.9. The van der Waals surface area contributed by atoms with Crippen LogP contribution in [0.1, 0.15) is 64.2 Å². The van der Waals surface area contributed by atoms with Gasteiger partial charge in [-0.05, 0) is 96.5 Å². The molecule has 0 aliphatic rings. The lowest BCUT2D eigenvalue weighted by molar-refractivity contribution is 0.0601. The van der Waals surface area contributed by atoms with E-state index in [1.807, 2.05) is 13.0 Å². The number of anilines is 2. The molecule has 0 amide bonds. The van der Waals surface area contributed by atoms with Crippen molar-refractivity contribution in [2.24, 2.45) is 0 Å². The number of fused-ring (bicyclic) bond motifs is 2. The number of hydrogen-bond acceptors (Lipinski definition) is 7. The van der Waals surface area contributed by atoms with Crippen molar-refractivity contribution in [2.45, 2.75) is 64.0 Å². The summed E-state index contributed by atoms with van der Waals surface area (Å²) in [4.78, 5) is 13.6. The topological polar surface area (TPSA) is 84.5 Å². The van der Waals surface area contributed by atoms with Gasteiger partial charge >= 0.3 is 5.97 Å². The first-order valence-corrected chi connectivity index (χ1v) is 17.8. The second-order valence-electron chi connectivity index (χ2n) is 10.9. The lowest BCUT2D eigenvalue weighted by Crippen LogP contribution is -2.16. The van der Waals surface area contributed by atoms with Gasteiger partial charge in [0.15, 0.2) is 0 Å². The van der Waals surface area contributed by atoms with E-state index in [9.17, 15) is 13.2 Å². The van der Waals surface area contributed by atoms with Gasteiger partial charge in [0.2, 0.25) is 0 Å². The molecule has 0 radical (unpaired) electrons. The van der Waals surface area contributed by atoms with Crippen molar-refractivity contribution in [3.05, 3.63) is 87.3 Å². The average molecular weight is 635 g/mol. The zero-order chi connectivity index (χ0) is 30.7. The third kappa shape index (κ3) is 6.59. The second kappa shape index (κ2) is 13.1. The van der Waals surface area contributed by atoms with E-state index in [0.717, 1.165) is 47.8 Å². The minimum Gasteiger partial charge on any atom is -0.465 e. The SMILES string of the molecule is CCCc1ccc2sc(CCNc3cc(C(=O)OC)ccc3NS(=O)(=O)c3sc4ccc(CCC)cc4c3C)c(C)c2c1. The molecule has 0 spiro atoms. The molecule has 0 fully saturated rings. The van der Waals surface area contributed by atoms with Gasteiger partial charge in [0.05, 0.1) is 24.0 Å². The lowest BCUT2D eigenvalue weighted by atomic mass is 10.1. The number of carbonyl (C=O) groups is 1. The van der Waals surface area contributed by atoms with Gasteiger partial charge in [0, 0.05) is 20.8 Å². The van der Waals surface area contributed by atoms with Gasteiger partial charge in [-0.15, -0.1) is 22.7 Å². The fourth-order valence-corrected chi connectivity index (χ4v) is 9.49. The molecule has 0 saturated carbocycles. The van der Waals surface area contributed by atoms with E-state index >= 15 is 0 Å². The summed E-state index contributed by atoms with van der Waals surface area (Å²) in [5.74, 6) is -0.482. The highest BCUT2D eigenvalue weighted by molar-refractivity contribution is 7.95. The van der Waals surface area contributed by atoms with Crippen molar-refractivity contribution in [1.29, 1.82) is 0 Å². The van der Waals surface area contributed by atoms with Crippen LogP contribution in [0.4, 0.5) is 11.4 Å². The highest BCUT2D eigenvalue weighted by Gasteiger charge is 2.24. The summed E-state index contributed by atoms with van der Waals surface area (Å²) < 4.78 is 37.7. The Balaban J connectivity index is 1.41. The Kier molecular flexibility index (Phi) is 9.44. The van der Waals surface area contributed by atoms with Crippen LogP contribution in [0.3, 0.4) is 0 Å². The molecule has 0 aliphatic heterocycles. The molecule has 226 valence electrons. The maximum atomic E-state index is 13.7. The Morgan fingerprint density at radius 2 is 1.42 bits per heavy atom. The number of aryl methyl sites for hydroxylation is 4. The Hall–Kier alpha value is -3.40. The Morgan fingerprint density at radius 3 is 2.05 bits per heavy atom. The Morgan fingerprint density at radius 1 is 0.791 bits per heavy atom. The summed E-state index contributed by atoms with van der Waals surface area (Å²) in [6.45, 7) is 8.92. The van der Waals surface area contributed by atoms with Crippen LogP contribution in [0.25, 0.3) is 20.2 Å². The van der Waals surface area contributed by atoms with E-state index in [4.69, 9.17) is 4.74 Å². The predicted octanol–water partition coefficient (Wildman–Crippen LogP) is 8.88. The first kappa shape index (κ1) is 31.0. The smallest absolute Gasteiger partial charge is 0.337 e. The van der Waals surface area contributed by atoms with Crippen molar-refractivity contribution in [2.75, 3.05) is 23.7 Å². The molecule has 0 aliphatic carbocycles. The Bertz CT molecular complexity index is 1900. The summed E-state index contributed by atoms with van der Waals surface area (Å²) in [7, 11) is -2.56. The average Bonchev–Trinajstić information content (AvgIpc) is 3.49. The molecule has 0 saturated heterocycles. The van der Waals surface area contributed by atoms with Crippen LogP contribution in [-0.2, 0) is 34.0 Å². The van der Waals surface area contributed by atoms with E-state index < -0.39 is 16.0 Å². The fraction of sp³-hybridized carbons (Fsp3) is 0.324. The number of ether oxygens (including phenoxy) is 1. The van der Waals surface area contributed by atoms with Gasteiger partial charge in [0.1, 0.15) is 4.21 Å². The maximum absolute atomic E-state index is 13.7. The highest BCUT2D eigenvalue weighted by Crippen LogP contribution is 2.37. The largest absolute Gasteiger partial charge is 0.465 e. The molecule has 6 nitrogen and oxygen atoms in total.